The van der Waals surface area contributed by atoms with Crippen molar-refractivity contribution in [3.8, 4) is 11.1 Å². The van der Waals surface area contributed by atoms with Crippen molar-refractivity contribution in [1.29, 1.82) is 0 Å². The molecule has 1 aliphatic carbocycles. The SMILES string of the molecule is CCCCCCCCCCCC(=O)[NH][Zr]([Cl])([Cl])([c]1cccc2c1Cc1ccccc1-2)[SiH](C)C. The molecule has 0 spiro atoms. The van der Waals surface area contributed by atoms with Crippen molar-refractivity contribution in [3.63, 3.8) is 0 Å². The molecule has 2 nitrogen and oxygen atoms in total. The van der Waals surface area contributed by atoms with Gasteiger partial charge in [0.2, 0.25) is 0 Å². The molecule has 0 heterocycles. The van der Waals surface area contributed by atoms with Crippen LogP contribution in [-0.4, -0.2) is 11.8 Å². The Labute approximate surface area is 210 Å². The molecule has 3 rings (SSSR count). The minimum absolute atomic E-state index is 0.0444. The second-order valence-corrected chi connectivity index (χ2v) is 49.7. The molecule has 0 bridgehead atoms. The fourth-order valence-electron chi connectivity index (χ4n) is 5.02. The summed E-state index contributed by atoms with van der Waals surface area (Å²) < 4.78 is 4.40. The third-order valence-electron chi connectivity index (χ3n) is 7.23. The van der Waals surface area contributed by atoms with Crippen LogP contribution in [0.25, 0.3) is 11.1 Å². The molecule has 0 unspecified atom stereocenters. The maximum atomic E-state index is 13.1. The van der Waals surface area contributed by atoms with Gasteiger partial charge >= 0.3 is 204 Å². The molecular weight excluding hydrogens is 545 g/mol. The number of carbonyl (C=O) groups excluding carboxylic acids is 1. The quantitative estimate of drug-likeness (QED) is 0.161. The minimum atomic E-state index is -4.68. The zero-order valence-corrected chi connectivity index (χ0v) is 25.7. The van der Waals surface area contributed by atoms with Crippen LogP contribution in [0, 0.1) is 0 Å². The number of hydrogen-bond donors (Lipinski definition) is 1. The summed E-state index contributed by atoms with van der Waals surface area (Å²) in [5.41, 5.74) is 5.05. The van der Waals surface area contributed by atoms with Gasteiger partial charge in [0.25, 0.3) is 0 Å². The number of hydrogen-bond acceptors (Lipinski definition) is 1. The molecule has 181 valence electrons. The van der Waals surface area contributed by atoms with Gasteiger partial charge in [0, 0.05) is 0 Å². The van der Waals surface area contributed by atoms with E-state index >= 15 is 0 Å². The number of fused-ring (bicyclic) bond motifs is 3. The summed E-state index contributed by atoms with van der Waals surface area (Å²) in [6.45, 7) is 6.65. The Morgan fingerprint density at radius 3 is 2.15 bits per heavy atom. The number of amides is 1. The van der Waals surface area contributed by atoms with Gasteiger partial charge in [-0.1, -0.05) is 6.92 Å². The predicted octanol–water partition coefficient (Wildman–Crippen LogP) is 7.82. The standard InChI is InChI=1S/C13H9.C12H25NO.C2H7Si.2ClH.Zr/c1-3-7-12-10(5-1)9-11-6-2-4-8-13(11)12;1-2-3-4-5-6-7-8-9-10-11-12(13)14;1-3-2;;;/h1-5,7-8H,9H2;2-11H2,1H3,(H2,13,14);3H,1-2H3;2*1H;/q;;;;;+3/p-3. The maximum absolute atomic E-state index is 13.1. The molecule has 0 saturated carbocycles. The monoisotopic (exact) mass is 582 g/mol. The van der Waals surface area contributed by atoms with E-state index < -0.39 is 21.8 Å². The van der Waals surface area contributed by atoms with Crippen molar-refractivity contribution >= 4 is 32.1 Å². The summed E-state index contributed by atoms with van der Waals surface area (Å²) in [4.78, 5) is 13.1. The van der Waals surface area contributed by atoms with Crippen molar-refractivity contribution in [2.45, 2.75) is 90.6 Å². The van der Waals surface area contributed by atoms with E-state index in [1.807, 2.05) is 0 Å². The Balaban J connectivity index is 1.64. The Hall–Kier alpha value is -0.410. The molecule has 1 N–H and O–H groups in total. The van der Waals surface area contributed by atoms with E-state index in [9.17, 15) is 4.79 Å². The fourth-order valence-corrected chi connectivity index (χ4v) is 23.3. The molecule has 1 amide bonds. The topological polar surface area (TPSA) is 29.1 Å². The van der Waals surface area contributed by atoms with E-state index in [0.717, 1.165) is 22.5 Å². The molecule has 2 aromatic carbocycles. The van der Waals surface area contributed by atoms with Crippen LogP contribution in [0.2, 0.25) is 13.1 Å². The first-order chi connectivity index (χ1) is 15.8. The van der Waals surface area contributed by atoms with Crippen molar-refractivity contribution in [2.75, 3.05) is 0 Å². The van der Waals surface area contributed by atoms with Crippen molar-refractivity contribution in [1.82, 2.24) is 3.26 Å². The molecule has 0 aliphatic heterocycles. The number of rotatable bonds is 13. The molecule has 2 aromatic rings. The molecule has 33 heavy (non-hydrogen) atoms. The molecule has 0 saturated heterocycles. The molecule has 6 heteroatoms. The van der Waals surface area contributed by atoms with Gasteiger partial charge in [-0.05, 0) is 0 Å². The Bertz CT molecular complexity index is 963. The van der Waals surface area contributed by atoms with Crippen LogP contribution in [0.5, 0.6) is 0 Å². The molecule has 0 fully saturated rings. The average Bonchev–Trinajstić information content (AvgIpc) is 3.16. The van der Waals surface area contributed by atoms with Crippen LogP contribution in [0.4, 0.5) is 0 Å². The Morgan fingerprint density at radius 2 is 1.48 bits per heavy atom. The summed E-state index contributed by atoms with van der Waals surface area (Å²) >= 11 is -4.68. The number of halogens is 2. The Morgan fingerprint density at radius 1 is 0.879 bits per heavy atom. The van der Waals surface area contributed by atoms with E-state index in [0.29, 0.717) is 6.42 Å². The second kappa shape index (κ2) is 12.0. The van der Waals surface area contributed by atoms with E-state index in [2.05, 4.69) is 65.7 Å². The zero-order chi connectivity index (χ0) is 23.9. The van der Waals surface area contributed by atoms with Crippen LogP contribution >= 0.6 is 17.0 Å². The first-order valence-electron chi connectivity index (χ1n) is 12.9. The molecular formula is C27H40Cl2NOSiZr. The van der Waals surface area contributed by atoms with Crippen LogP contribution in [0.3, 0.4) is 0 Å². The predicted molar refractivity (Wildman–Crippen MR) is 145 cm³/mol. The average molecular weight is 585 g/mol. The van der Waals surface area contributed by atoms with Gasteiger partial charge < -0.3 is 0 Å². The van der Waals surface area contributed by atoms with Crippen LogP contribution in [-0.2, 0) is 27.1 Å². The van der Waals surface area contributed by atoms with Gasteiger partial charge in [0.1, 0.15) is 0 Å². The van der Waals surface area contributed by atoms with Gasteiger partial charge in [-0.2, -0.15) is 0 Å². The number of benzene rings is 2. The normalized spacial score (nSPS) is 13.9. The molecule has 0 aromatic heterocycles. The summed E-state index contributed by atoms with van der Waals surface area (Å²) in [5, 5.41) is 0. The van der Waals surface area contributed by atoms with Crippen LogP contribution in [0.1, 0.15) is 82.3 Å². The van der Waals surface area contributed by atoms with Crippen molar-refractivity contribution in [2.24, 2.45) is 0 Å². The summed E-state index contributed by atoms with van der Waals surface area (Å²) in [6, 6.07) is 14.9. The first kappa shape index (κ1) is 27.2. The first-order valence-corrected chi connectivity index (χ1v) is 28.8. The van der Waals surface area contributed by atoms with E-state index in [4.69, 9.17) is 17.0 Å². The van der Waals surface area contributed by atoms with Crippen molar-refractivity contribution in [3.05, 3.63) is 53.6 Å². The second-order valence-electron chi connectivity index (χ2n) is 10.0. The van der Waals surface area contributed by atoms with Gasteiger partial charge in [-0.3, -0.25) is 0 Å². The van der Waals surface area contributed by atoms with Gasteiger partial charge in [-0.15, -0.1) is 0 Å². The molecule has 1 aliphatic rings. The fraction of sp³-hybridized carbons (Fsp3) is 0.519. The number of unbranched alkanes of at least 4 members (excludes halogenated alkanes) is 8. The van der Waals surface area contributed by atoms with E-state index in [1.165, 1.54) is 67.2 Å². The summed E-state index contributed by atoms with van der Waals surface area (Å²) in [5.74, 6) is -1.54. The van der Waals surface area contributed by atoms with Gasteiger partial charge in [0.15, 0.2) is 0 Å². The number of carbonyl (C=O) groups is 1. The van der Waals surface area contributed by atoms with Crippen LogP contribution < -0.4 is 6.53 Å². The third kappa shape index (κ3) is 6.43. The van der Waals surface area contributed by atoms with Crippen LogP contribution in [0.15, 0.2) is 42.5 Å². The molecule has 0 radical (unpaired) electrons. The Kier molecular flexibility index (Phi) is 9.90. The zero-order valence-electron chi connectivity index (χ0n) is 20.6. The van der Waals surface area contributed by atoms with E-state index in [1.54, 1.807) is 0 Å². The third-order valence-corrected chi connectivity index (χ3v) is 51.3. The van der Waals surface area contributed by atoms with E-state index in [-0.39, 0.29) is 5.91 Å². The molecule has 0 atom stereocenters. The number of nitrogens with one attached hydrogen (secondary N) is 1. The van der Waals surface area contributed by atoms with Gasteiger partial charge in [-0.25, -0.2) is 0 Å². The summed E-state index contributed by atoms with van der Waals surface area (Å²) in [6.07, 6.45) is 12.5. The van der Waals surface area contributed by atoms with Gasteiger partial charge in [0.05, 0.1) is 0 Å². The van der Waals surface area contributed by atoms with Crippen molar-refractivity contribution < 1.29 is 20.6 Å². The summed E-state index contributed by atoms with van der Waals surface area (Å²) in [7, 11) is 15.0.